The first kappa shape index (κ1) is 24.4. The maximum atomic E-state index is 10.5. The van der Waals surface area contributed by atoms with Crippen LogP contribution in [-0.4, -0.2) is 37.8 Å². The van der Waals surface area contributed by atoms with E-state index in [0.29, 0.717) is 11.8 Å². The molecular weight excluding hydrogens is 406 g/mol. The van der Waals surface area contributed by atoms with E-state index in [4.69, 9.17) is 0 Å². The van der Waals surface area contributed by atoms with Crippen LogP contribution in [0.2, 0.25) is 0 Å². The fraction of sp³-hybridized carbons (Fsp3) is 0.875. The summed E-state index contributed by atoms with van der Waals surface area (Å²) in [6.07, 6.45) is 8.24. The predicted octanol–water partition coefficient (Wildman–Crippen LogP) is -2.25. The third-order valence-electron chi connectivity index (χ3n) is 4.83. The summed E-state index contributed by atoms with van der Waals surface area (Å²) >= 11 is 0. The van der Waals surface area contributed by atoms with Crippen molar-refractivity contribution < 1.29 is 32.2 Å². The van der Waals surface area contributed by atoms with Gasteiger partial charge in [0, 0.05) is 23.8 Å². The van der Waals surface area contributed by atoms with Crippen molar-refractivity contribution in [1.29, 1.82) is 0 Å². The number of rotatable bonds is 2. The third kappa shape index (κ3) is 8.09. The van der Waals surface area contributed by atoms with Crippen LogP contribution >= 0.6 is 0 Å². The molecule has 0 saturated heterocycles. The summed E-state index contributed by atoms with van der Waals surface area (Å²) in [5.41, 5.74) is 0. The Morgan fingerprint density at radius 1 is 0.727 bits per heavy atom. The minimum Gasteiger partial charge on any atom is -1.00 e. The Morgan fingerprint density at radius 3 is 1.18 bits per heavy atom. The summed E-state index contributed by atoms with van der Waals surface area (Å²) in [6.45, 7) is 4.00. The summed E-state index contributed by atoms with van der Waals surface area (Å²) in [5, 5.41) is 20.9. The monoisotopic (exact) mass is 432 g/mol. The van der Waals surface area contributed by atoms with Crippen LogP contribution in [-0.2, 0) is 9.59 Å². The Labute approximate surface area is 158 Å². The molecule has 0 bridgehead atoms. The molecule has 2 aliphatic rings. The summed E-state index contributed by atoms with van der Waals surface area (Å²) in [7, 11) is 0. The Balaban J connectivity index is 0. The van der Waals surface area contributed by atoms with Crippen LogP contribution in [0.15, 0.2) is 0 Å². The van der Waals surface area contributed by atoms with E-state index >= 15 is 0 Å². The summed E-state index contributed by atoms with van der Waals surface area (Å²) in [5.74, 6) is -1.39. The van der Waals surface area contributed by atoms with Gasteiger partial charge >= 0.3 is 25.8 Å². The molecule has 0 amide bonds. The number of hydrogen-bond acceptors (Lipinski definition) is 4. The van der Waals surface area contributed by atoms with Crippen molar-refractivity contribution in [3.05, 3.63) is 0 Å². The molecule has 4 unspecified atom stereocenters. The smallest absolute Gasteiger partial charge is 1.00 e. The fourth-order valence-electron chi connectivity index (χ4n) is 3.33. The van der Waals surface area contributed by atoms with Gasteiger partial charge in [0.25, 0.3) is 0 Å². The Bertz CT molecular complexity index is 306. The zero-order valence-corrected chi connectivity index (χ0v) is 17.6. The van der Waals surface area contributed by atoms with E-state index in [1.54, 1.807) is 0 Å². The molecule has 2 aliphatic carbocycles. The molecule has 0 heterocycles. The Morgan fingerprint density at radius 2 is 1.00 bits per heavy atom. The van der Waals surface area contributed by atoms with Crippen LogP contribution in [0.1, 0.15) is 65.2 Å². The molecule has 2 saturated carbocycles. The van der Waals surface area contributed by atoms with Crippen molar-refractivity contribution in [2.24, 2.45) is 23.7 Å². The number of carbonyl (C=O) groups is 2. The van der Waals surface area contributed by atoms with Gasteiger partial charge in [-0.25, -0.2) is 0 Å². The number of aliphatic carboxylic acids is 2. The summed E-state index contributed by atoms with van der Waals surface area (Å²) < 4.78 is 0. The first-order chi connectivity index (χ1) is 9.43. The molecule has 0 spiro atoms. The van der Waals surface area contributed by atoms with E-state index in [1.807, 2.05) is 13.8 Å². The van der Waals surface area contributed by atoms with Crippen LogP contribution in [0.25, 0.3) is 0 Å². The summed E-state index contributed by atoms with van der Waals surface area (Å²) in [4.78, 5) is 20.9. The fourth-order valence-corrected chi connectivity index (χ4v) is 3.33. The van der Waals surface area contributed by atoms with E-state index in [-0.39, 0.29) is 50.1 Å². The van der Waals surface area contributed by atoms with Crippen molar-refractivity contribution in [2.75, 3.05) is 0 Å². The van der Waals surface area contributed by atoms with Gasteiger partial charge in [-0.3, -0.25) is 0 Å². The molecule has 22 heavy (non-hydrogen) atoms. The average molecular weight is 433 g/mol. The van der Waals surface area contributed by atoms with Crippen molar-refractivity contribution in [2.45, 2.75) is 65.2 Å². The van der Waals surface area contributed by atoms with Crippen LogP contribution in [0.4, 0.5) is 0 Å². The van der Waals surface area contributed by atoms with Crippen LogP contribution in [0.5, 0.6) is 0 Å². The molecule has 0 N–H and O–H groups in total. The summed E-state index contributed by atoms with van der Waals surface area (Å²) in [6, 6.07) is 0. The standard InChI is InChI=1S/2C8H14O2.ClH.In/c2*1-6-4-2-3-5-7(6)8(9)10;;/h2*6-7H,2-5H2,1H3,(H,9,10);1H;/q;;;+3/p-3. The SMILES string of the molecule is CC1CCCCC1C(=O)[O-].CC1CCCCC1C(=O)[O-].[Cl-].[In+3]. The number of carboxylic acids is 2. The third-order valence-corrected chi connectivity index (χ3v) is 4.83. The number of carbonyl (C=O) groups excluding carboxylic acids is 2. The number of halogens is 1. The van der Waals surface area contributed by atoms with Crippen molar-refractivity contribution in [1.82, 2.24) is 0 Å². The average Bonchev–Trinajstić information content (AvgIpc) is 2.40. The topological polar surface area (TPSA) is 80.3 Å². The second kappa shape index (κ2) is 12.5. The van der Waals surface area contributed by atoms with Gasteiger partial charge in [-0.05, 0) is 24.7 Å². The van der Waals surface area contributed by atoms with E-state index in [2.05, 4.69) is 0 Å². The first-order valence-electron chi connectivity index (χ1n) is 7.85. The molecule has 2 fully saturated rings. The minimum atomic E-state index is -0.854. The number of hydrogen-bond donors (Lipinski definition) is 0. The quantitative estimate of drug-likeness (QED) is 0.494. The molecule has 6 heteroatoms. The second-order valence-electron chi connectivity index (χ2n) is 6.37. The predicted molar refractivity (Wildman–Crippen MR) is 78.0 cm³/mol. The van der Waals surface area contributed by atoms with Gasteiger partial charge < -0.3 is 32.2 Å². The van der Waals surface area contributed by atoms with Crippen molar-refractivity contribution in [3.8, 4) is 0 Å². The van der Waals surface area contributed by atoms with Crippen molar-refractivity contribution in [3.63, 3.8) is 0 Å². The van der Waals surface area contributed by atoms with Gasteiger partial charge in [0.05, 0.1) is 0 Å². The van der Waals surface area contributed by atoms with E-state index in [9.17, 15) is 19.8 Å². The molecule has 4 atom stereocenters. The molecule has 0 aromatic carbocycles. The van der Waals surface area contributed by atoms with Crippen molar-refractivity contribution >= 4 is 37.8 Å². The van der Waals surface area contributed by atoms with Gasteiger partial charge in [-0.2, -0.15) is 0 Å². The molecule has 2 rings (SSSR count). The largest absolute Gasteiger partial charge is 3.00 e. The van der Waals surface area contributed by atoms with Crippen LogP contribution in [0, 0.1) is 23.7 Å². The molecule has 124 valence electrons. The second-order valence-corrected chi connectivity index (χ2v) is 6.37. The van der Waals surface area contributed by atoms with Gasteiger partial charge in [-0.15, -0.1) is 0 Å². The van der Waals surface area contributed by atoms with Crippen LogP contribution in [0.3, 0.4) is 0 Å². The number of carboxylic acid groups (broad SMARTS) is 2. The zero-order valence-electron chi connectivity index (χ0n) is 13.6. The van der Waals surface area contributed by atoms with Crippen LogP contribution < -0.4 is 22.6 Å². The molecule has 0 aliphatic heterocycles. The molecule has 0 aromatic heterocycles. The Kier molecular flexibility index (Phi) is 13.9. The molecule has 0 aromatic rings. The van der Waals surface area contributed by atoms with E-state index in [1.165, 1.54) is 12.8 Å². The maximum absolute atomic E-state index is 10.5. The molecular formula is C16H26ClInO4. The minimum absolute atomic E-state index is 0. The zero-order chi connectivity index (χ0) is 15.1. The van der Waals surface area contributed by atoms with Gasteiger partial charge in [0.15, 0.2) is 0 Å². The molecule has 4 nitrogen and oxygen atoms in total. The molecule has 0 radical (unpaired) electrons. The van der Waals surface area contributed by atoms with E-state index in [0.717, 1.165) is 38.5 Å². The van der Waals surface area contributed by atoms with E-state index < -0.39 is 11.9 Å². The normalized spacial score (nSPS) is 30.6. The van der Waals surface area contributed by atoms with Gasteiger partial charge in [0.2, 0.25) is 0 Å². The Hall–Kier alpha value is 0.100. The maximum Gasteiger partial charge on any atom is 3.00 e. The van der Waals surface area contributed by atoms with Gasteiger partial charge in [0.1, 0.15) is 0 Å². The first-order valence-corrected chi connectivity index (χ1v) is 7.85. The van der Waals surface area contributed by atoms with Gasteiger partial charge in [-0.1, -0.05) is 52.4 Å².